The largest absolute Gasteiger partial charge is 0.391 e. The predicted octanol–water partition coefficient (Wildman–Crippen LogP) is -5.22. The molecule has 13 N–H and O–H groups in total. The van der Waals surface area contributed by atoms with Crippen LogP contribution in [0.1, 0.15) is 26.7 Å². The highest BCUT2D eigenvalue weighted by atomic mass is 16.7. The zero-order valence-corrected chi connectivity index (χ0v) is 20.0. The van der Waals surface area contributed by atoms with Gasteiger partial charge in [-0.3, -0.25) is 0 Å². The molecule has 1 aliphatic carbocycles. The van der Waals surface area contributed by atoms with E-state index in [4.69, 9.17) is 36.1 Å². The van der Waals surface area contributed by atoms with Gasteiger partial charge >= 0.3 is 0 Å². The van der Waals surface area contributed by atoms with Crippen molar-refractivity contribution in [2.45, 2.75) is 118 Å². The fraction of sp³-hybridized carbons (Fsp3) is 1.00. The van der Waals surface area contributed by atoms with Crippen molar-refractivity contribution in [2.24, 2.45) is 17.2 Å². The van der Waals surface area contributed by atoms with Gasteiger partial charge in [-0.05, 0) is 26.3 Å². The first-order valence-electron chi connectivity index (χ1n) is 12.2. The van der Waals surface area contributed by atoms with E-state index in [2.05, 4.69) is 5.32 Å². The van der Waals surface area contributed by atoms with Gasteiger partial charge in [-0.2, -0.15) is 0 Å². The van der Waals surface area contributed by atoms with Crippen molar-refractivity contribution in [1.29, 1.82) is 0 Å². The van der Waals surface area contributed by atoms with Gasteiger partial charge < -0.3 is 72.1 Å². The highest BCUT2D eigenvalue weighted by molar-refractivity contribution is 5.02. The van der Waals surface area contributed by atoms with Crippen molar-refractivity contribution in [2.75, 3.05) is 13.1 Å². The first kappa shape index (κ1) is 29.0. The van der Waals surface area contributed by atoms with Gasteiger partial charge in [-0.15, -0.1) is 0 Å². The number of nitrogens with two attached hydrogens (primary N) is 3. The molecular weight excluding hydrogens is 468 g/mol. The Morgan fingerprint density at radius 1 is 0.914 bits per heavy atom. The minimum atomic E-state index is -1.46. The smallest absolute Gasteiger partial charge is 0.187 e. The van der Waals surface area contributed by atoms with Crippen LogP contribution >= 0.6 is 0 Å². The molecule has 35 heavy (non-hydrogen) atoms. The molecule has 206 valence electrons. The van der Waals surface area contributed by atoms with E-state index < -0.39 is 91.7 Å². The van der Waals surface area contributed by atoms with Gasteiger partial charge in [0.25, 0.3) is 0 Å². The highest BCUT2D eigenvalue weighted by Crippen LogP contribution is 2.32. The summed E-state index contributed by atoms with van der Waals surface area (Å²) in [5.41, 5.74) is 18.0. The summed E-state index contributed by atoms with van der Waals surface area (Å²) in [5, 5.41) is 65.5. The first-order chi connectivity index (χ1) is 16.5. The molecule has 0 bridgehead atoms. The van der Waals surface area contributed by atoms with E-state index in [-0.39, 0.29) is 6.54 Å². The summed E-state index contributed by atoms with van der Waals surface area (Å²) >= 11 is 0. The van der Waals surface area contributed by atoms with Gasteiger partial charge in [-0.25, -0.2) is 0 Å². The first-order valence-corrected chi connectivity index (χ1v) is 12.2. The molecule has 0 radical (unpaired) electrons. The summed E-state index contributed by atoms with van der Waals surface area (Å²) in [4.78, 5) is 0. The second-order valence-electron chi connectivity index (χ2n) is 9.68. The maximum absolute atomic E-state index is 11.2. The molecule has 0 amide bonds. The van der Waals surface area contributed by atoms with Crippen molar-refractivity contribution in [3.05, 3.63) is 0 Å². The standard InChI is InChI=1S/C21H42N4O10/c1-3-4-25-9-5-8(23)18(34-20-11(24)14(29)15(30)17(33-20)7(2)26)19(12(9)27)35-21-16(31)13(28)10(6-22)32-21/h7-21,25-31H,3-6,22-24H2,1-2H3/t7-,8?,9-,10-,11?,12-,13?,14?,15+,16?,17?,18-,19?,20-,21?/m1/s1. The summed E-state index contributed by atoms with van der Waals surface area (Å²) in [6.07, 6.45) is -13.7. The Bertz CT molecular complexity index is 666. The predicted molar refractivity (Wildman–Crippen MR) is 120 cm³/mol. The molecule has 14 nitrogen and oxygen atoms in total. The lowest BCUT2D eigenvalue weighted by Gasteiger charge is -2.48. The van der Waals surface area contributed by atoms with Crippen LogP contribution in [0, 0.1) is 0 Å². The molecule has 14 heteroatoms. The van der Waals surface area contributed by atoms with Crippen molar-refractivity contribution in [3.63, 3.8) is 0 Å². The van der Waals surface area contributed by atoms with Crippen LogP contribution in [0.4, 0.5) is 0 Å². The van der Waals surface area contributed by atoms with Gasteiger partial charge in [0.15, 0.2) is 12.6 Å². The van der Waals surface area contributed by atoms with Crippen LogP contribution in [0.2, 0.25) is 0 Å². The fourth-order valence-electron chi connectivity index (χ4n) is 4.87. The molecular formula is C21H42N4O10. The Morgan fingerprint density at radius 3 is 2.14 bits per heavy atom. The number of hydrogen-bond donors (Lipinski definition) is 10. The van der Waals surface area contributed by atoms with Gasteiger partial charge in [-0.1, -0.05) is 6.92 Å². The quantitative estimate of drug-likeness (QED) is 0.139. The number of aliphatic hydroxyl groups is 6. The van der Waals surface area contributed by atoms with E-state index in [9.17, 15) is 30.6 Å². The molecule has 0 aromatic rings. The van der Waals surface area contributed by atoms with Gasteiger partial charge in [0.1, 0.15) is 48.8 Å². The average molecular weight is 511 g/mol. The van der Waals surface area contributed by atoms with Crippen molar-refractivity contribution >= 4 is 0 Å². The Morgan fingerprint density at radius 2 is 1.57 bits per heavy atom. The van der Waals surface area contributed by atoms with Gasteiger partial charge in [0.2, 0.25) is 0 Å². The van der Waals surface area contributed by atoms with Crippen LogP contribution in [-0.2, 0) is 18.9 Å². The van der Waals surface area contributed by atoms with Crippen LogP contribution in [0.3, 0.4) is 0 Å². The van der Waals surface area contributed by atoms with Crippen LogP contribution in [0.5, 0.6) is 0 Å². The normalized spacial score (nSPS) is 49.8. The van der Waals surface area contributed by atoms with Gasteiger partial charge in [0, 0.05) is 18.6 Å². The lowest BCUT2D eigenvalue weighted by Crippen LogP contribution is -2.68. The van der Waals surface area contributed by atoms with E-state index in [0.29, 0.717) is 13.0 Å². The number of ether oxygens (including phenoxy) is 4. The Labute approximate surface area is 204 Å². The summed E-state index contributed by atoms with van der Waals surface area (Å²) in [6.45, 7) is 3.91. The lowest BCUT2D eigenvalue weighted by atomic mass is 9.83. The van der Waals surface area contributed by atoms with E-state index >= 15 is 0 Å². The van der Waals surface area contributed by atoms with Crippen molar-refractivity contribution in [1.82, 2.24) is 5.32 Å². The summed E-state index contributed by atoms with van der Waals surface area (Å²) in [6, 6.07) is -2.38. The number of aliphatic hydroxyl groups excluding tert-OH is 6. The molecule has 3 fully saturated rings. The Balaban J connectivity index is 1.82. The topological polar surface area (TPSA) is 248 Å². The summed E-state index contributed by atoms with van der Waals surface area (Å²) in [7, 11) is 0. The average Bonchev–Trinajstić information content (AvgIpc) is 3.09. The molecule has 0 aromatic carbocycles. The minimum absolute atomic E-state index is 0.0584. The zero-order valence-electron chi connectivity index (χ0n) is 20.0. The third kappa shape index (κ3) is 6.13. The molecule has 0 spiro atoms. The third-order valence-electron chi connectivity index (χ3n) is 6.97. The molecule has 3 aliphatic rings. The number of hydrogen-bond acceptors (Lipinski definition) is 14. The van der Waals surface area contributed by atoms with Crippen LogP contribution in [0.15, 0.2) is 0 Å². The van der Waals surface area contributed by atoms with Crippen LogP contribution < -0.4 is 22.5 Å². The zero-order chi connectivity index (χ0) is 26.0. The third-order valence-corrected chi connectivity index (χ3v) is 6.97. The molecule has 0 aromatic heterocycles. The van der Waals surface area contributed by atoms with E-state index in [0.717, 1.165) is 6.42 Å². The molecule has 3 rings (SSSR count). The maximum atomic E-state index is 11.2. The van der Waals surface area contributed by atoms with Gasteiger partial charge in [0.05, 0.1) is 18.2 Å². The monoisotopic (exact) mass is 510 g/mol. The maximum Gasteiger partial charge on any atom is 0.187 e. The lowest BCUT2D eigenvalue weighted by molar-refractivity contribution is -0.315. The molecule has 8 unspecified atom stereocenters. The molecule has 2 aliphatic heterocycles. The molecule has 2 saturated heterocycles. The number of rotatable bonds is 9. The van der Waals surface area contributed by atoms with Crippen LogP contribution in [-0.4, -0.2) is 135 Å². The summed E-state index contributed by atoms with van der Waals surface area (Å²) < 4.78 is 23.2. The van der Waals surface area contributed by atoms with Crippen molar-refractivity contribution in [3.8, 4) is 0 Å². The minimum Gasteiger partial charge on any atom is -0.391 e. The SMILES string of the molecule is CCCN[C@@H]1CC(N)[C@@H](O[C@H]2OC([C@@H](C)O)[C@@H](O)C(O)C2N)C(OC2O[C@H](CN)C(O)C2O)[C@@H]1O. The Kier molecular flexibility index (Phi) is 10.2. The second-order valence-corrected chi connectivity index (χ2v) is 9.68. The second kappa shape index (κ2) is 12.3. The molecule has 2 heterocycles. The fourth-order valence-corrected chi connectivity index (χ4v) is 4.87. The number of nitrogens with one attached hydrogen (secondary N) is 1. The van der Waals surface area contributed by atoms with Crippen molar-refractivity contribution < 1.29 is 49.6 Å². The highest BCUT2D eigenvalue weighted by Gasteiger charge is 2.52. The van der Waals surface area contributed by atoms with Crippen LogP contribution in [0.25, 0.3) is 0 Å². The van der Waals surface area contributed by atoms with E-state index in [1.807, 2.05) is 6.92 Å². The Hall–Kier alpha value is -0.560. The van der Waals surface area contributed by atoms with E-state index in [1.54, 1.807) is 0 Å². The molecule has 15 atom stereocenters. The summed E-state index contributed by atoms with van der Waals surface area (Å²) in [5.74, 6) is 0. The molecule has 1 saturated carbocycles. The van der Waals surface area contributed by atoms with E-state index in [1.165, 1.54) is 6.92 Å².